The van der Waals surface area contributed by atoms with E-state index in [1.54, 1.807) is 0 Å². The fourth-order valence-electron chi connectivity index (χ4n) is 1.71. The van der Waals surface area contributed by atoms with Crippen LogP contribution in [-0.4, -0.2) is 12.6 Å². The second-order valence-corrected chi connectivity index (χ2v) is 3.55. The Kier molecular flexibility index (Phi) is 4.60. The molecule has 0 aromatic heterocycles. The zero-order valence-corrected chi connectivity index (χ0v) is 7.68. The Hall–Kier alpha value is -0.0400. The minimum absolute atomic E-state index is 0.720. The summed E-state index contributed by atoms with van der Waals surface area (Å²) in [6.45, 7) is 3.39. The second-order valence-electron chi connectivity index (χ2n) is 3.55. The van der Waals surface area contributed by atoms with Crippen molar-refractivity contribution in [2.24, 2.45) is 0 Å². The summed E-state index contributed by atoms with van der Waals surface area (Å²) in [5, 5.41) is 4.66. The van der Waals surface area contributed by atoms with Crippen LogP contribution in [0.5, 0.6) is 0 Å². The molecule has 0 aromatic rings. The van der Waals surface area contributed by atoms with Gasteiger partial charge in [-0.3, -0.25) is 0 Å². The summed E-state index contributed by atoms with van der Waals surface area (Å²) in [6.07, 6.45) is 9.56. The van der Waals surface area contributed by atoms with E-state index in [1.165, 1.54) is 44.9 Å². The van der Waals surface area contributed by atoms with E-state index in [1.807, 2.05) is 0 Å². The van der Waals surface area contributed by atoms with Crippen LogP contribution in [0.2, 0.25) is 0 Å². The van der Waals surface area contributed by atoms with Crippen LogP contribution in [0, 0.1) is 0 Å². The highest BCUT2D eigenvalue weighted by atomic mass is 14.9. The van der Waals surface area contributed by atoms with Crippen molar-refractivity contribution in [2.45, 2.75) is 57.9 Å². The maximum absolute atomic E-state index is 4.66. The standard InChI is InChI=1S/C10H20N/c1-2-3-7-10-8-5-4-6-9-11-10/h10H,2-9H2,1H3. The highest BCUT2D eigenvalue weighted by Gasteiger charge is 2.10. The average Bonchev–Trinajstić information content (AvgIpc) is 2.28. The Morgan fingerprint density at radius 2 is 2.18 bits per heavy atom. The number of rotatable bonds is 3. The normalized spacial score (nSPS) is 26.5. The van der Waals surface area contributed by atoms with Crippen LogP contribution >= 0.6 is 0 Å². The summed E-state index contributed by atoms with van der Waals surface area (Å²) in [5.41, 5.74) is 0. The smallest absolute Gasteiger partial charge is 0.0246 e. The Morgan fingerprint density at radius 3 is 3.00 bits per heavy atom. The van der Waals surface area contributed by atoms with Gasteiger partial charge in [-0.05, 0) is 19.3 Å². The molecule has 1 saturated heterocycles. The van der Waals surface area contributed by atoms with Crippen molar-refractivity contribution >= 4 is 0 Å². The van der Waals surface area contributed by atoms with Crippen LogP contribution in [0.4, 0.5) is 0 Å². The molecular weight excluding hydrogens is 134 g/mol. The molecule has 1 nitrogen and oxygen atoms in total. The fraction of sp³-hybridized carbons (Fsp3) is 1.00. The quantitative estimate of drug-likeness (QED) is 0.593. The van der Waals surface area contributed by atoms with Crippen LogP contribution in [0.25, 0.3) is 0 Å². The van der Waals surface area contributed by atoms with Crippen molar-refractivity contribution in [3.63, 3.8) is 0 Å². The van der Waals surface area contributed by atoms with Gasteiger partial charge in [-0.2, -0.15) is 0 Å². The number of hydrogen-bond acceptors (Lipinski definition) is 0. The summed E-state index contributed by atoms with van der Waals surface area (Å²) in [5.74, 6) is 0. The molecular formula is C10H20N. The average molecular weight is 154 g/mol. The summed E-state index contributed by atoms with van der Waals surface area (Å²) in [6, 6.07) is 0.720. The van der Waals surface area contributed by atoms with Gasteiger partial charge in [0.15, 0.2) is 0 Å². The van der Waals surface area contributed by atoms with E-state index in [0.29, 0.717) is 0 Å². The van der Waals surface area contributed by atoms with Crippen molar-refractivity contribution in [2.75, 3.05) is 6.54 Å². The molecule has 0 saturated carbocycles. The first-order valence-electron chi connectivity index (χ1n) is 5.10. The molecule has 1 heterocycles. The van der Waals surface area contributed by atoms with Gasteiger partial charge in [0.1, 0.15) is 0 Å². The highest BCUT2D eigenvalue weighted by molar-refractivity contribution is 4.69. The Morgan fingerprint density at radius 1 is 1.27 bits per heavy atom. The van der Waals surface area contributed by atoms with Crippen molar-refractivity contribution in [1.82, 2.24) is 5.32 Å². The van der Waals surface area contributed by atoms with E-state index >= 15 is 0 Å². The topological polar surface area (TPSA) is 14.1 Å². The molecule has 0 amide bonds. The molecule has 1 aliphatic heterocycles. The third-order valence-corrected chi connectivity index (χ3v) is 2.47. The highest BCUT2D eigenvalue weighted by Crippen LogP contribution is 2.14. The molecule has 1 radical (unpaired) electrons. The summed E-state index contributed by atoms with van der Waals surface area (Å²) in [7, 11) is 0. The molecule has 0 bridgehead atoms. The van der Waals surface area contributed by atoms with Crippen molar-refractivity contribution in [3.8, 4) is 0 Å². The van der Waals surface area contributed by atoms with Gasteiger partial charge in [0, 0.05) is 12.6 Å². The Balaban J connectivity index is 2.09. The monoisotopic (exact) mass is 154 g/mol. The van der Waals surface area contributed by atoms with Crippen molar-refractivity contribution < 1.29 is 0 Å². The zero-order valence-electron chi connectivity index (χ0n) is 7.68. The summed E-state index contributed by atoms with van der Waals surface area (Å²) >= 11 is 0. The number of nitrogens with zero attached hydrogens (tertiary/aromatic N) is 1. The van der Waals surface area contributed by atoms with E-state index in [0.717, 1.165) is 12.6 Å². The maximum atomic E-state index is 4.66. The van der Waals surface area contributed by atoms with Crippen molar-refractivity contribution in [3.05, 3.63) is 0 Å². The molecule has 65 valence electrons. The lowest BCUT2D eigenvalue weighted by atomic mass is 10.1. The number of unbranched alkanes of at least 4 members (excludes halogenated alkanes) is 1. The fourth-order valence-corrected chi connectivity index (χ4v) is 1.71. The lowest BCUT2D eigenvalue weighted by Gasteiger charge is -2.12. The van der Waals surface area contributed by atoms with Gasteiger partial charge in [-0.15, -0.1) is 0 Å². The molecule has 11 heavy (non-hydrogen) atoms. The maximum Gasteiger partial charge on any atom is 0.0246 e. The van der Waals surface area contributed by atoms with E-state index in [2.05, 4.69) is 12.2 Å². The van der Waals surface area contributed by atoms with E-state index < -0.39 is 0 Å². The Labute approximate surface area is 70.6 Å². The van der Waals surface area contributed by atoms with Gasteiger partial charge >= 0.3 is 0 Å². The predicted octanol–water partition coefficient (Wildman–Crippen LogP) is 2.72. The second kappa shape index (κ2) is 5.59. The van der Waals surface area contributed by atoms with Crippen LogP contribution in [0.15, 0.2) is 0 Å². The Bertz CT molecular complexity index is 82.9. The predicted molar refractivity (Wildman–Crippen MR) is 48.8 cm³/mol. The summed E-state index contributed by atoms with van der Waals surface area (Å²) in [4.78, 5) is 0. The van der Waals surface area contributed by atoms with Crippen LogP contribution in [-0.2, 0) is 0 Å². The van der Waals surface area contributed by atoms with Crippen LogP contribution in [0.1, 0.15) is 51.9 Å². The largest absolute Gasteiger partial charge is 0.238 e. The van der Waals surface area contributed by atoms with Gasteiger partial charge in [0.2, 0.25) is 0 Å². The molecule has 0 aliphatic carbocycles. The molecule has 1 fully saturated rings. The first kappa shape index (κ1) is 9.05. The molecule has 0 spiro atoms. The van der Waals surface area contributed by atoms with Crippen LogP contribution in [0.3, 0.4) is 0 Å². The molecule has 1 atom stereocenters. The number of hydrogen-bond donors (Lipinski definition) is 0. The summed E-state index contributed by atoms with van der Waals surface area (Å²) < 4.78 is 0. The van der Waals surface area contributed by atoms with Crippen LogP contribution < -0.4 is 5.32 Å². The molecule has 0 aromatic carbocycles. The lowest BCUT2D eigenvalue weighted by molar-refractivity contribution is 0.454. The van der Waals surface area contributed by atoms with Gasteiger partial charge in [-0.1, -0.05) is 32.6 Å². The molecule has 1 aliphatic rings. The first-order valence-corrected chi connectivity index (χ1v) is 5.10. The van der Waals surface area contributed by atoms with Gasteiger partial charge in [0.05, 0.1) is 0 Å². The lowest BCUT2D eigenvalue weighted by Crippen LogP contribution is -2.20. The van der Waals surface area contributed by atoms with Gasteiger partial charge in [0.25, 0.3) is 0 Å². The molecule has 1 unspecified atom stereocenters. The van der Waals surface area contributed by atoms with E-state index in [9.17, 15) is 0 Å². The first-order chi connectivity index (χ1) is 5.43. The van der Waals surface area contributed by atoms with Gasteiger partial charge < -0.3 is 0 Å². The minimum Gasteiger partial charge on any atom is -0.238 e. The van der Waals surface area contributed by atoms with Gasteiger partial charge in [-0.25, -0.2) is 5.32 Å². The zero-order chi connectivity index (χ0) is 7.94. The molecule has 1 rings (SSSR count). The van der Waals surface area contributed by atoms with E-state index in [4.69, 9.17) is 0 Å². The minimum atomic E-state index is 0.720. The third-order valence-electron chi connectivity index (χ3n) is 2.47. The molecule has 0 N–H and O–H groups in total. The SMILES string of the molecule is CCCCC1CCCCC[N]1. The van der Waals surface area contributed by atoms with Crippen molar-refractivity contribution in [1.29, 1.82) is 0 Å². The van der Waals surface area contributed by atoms with E-state index in [-0.39, 0.29) is 0 Å². The molecule has 1 heteroatoms. The third kappa shape index (κ3) is 3.76.